The Morgan fingerprint density at radius 1 is 1.57 bits per heavy atom. The van der Waals surface area contributed by atoms with E-state index in [0.29, 0.717) is 0 Å². The van der Waals surface area contributed by atoms with Gasteiger partial charge >= 0.3 is 12.3 Å². The molecule has 0 saturated carbocycles. The van der Waals surface area contributed by atoms with E-state index in [-0.39, 0.29) is 0 Å². The number of ether oxygens (including phenoxy) is 1. The zero-order chi connectivity index (χ0) is 10.8. The predicted molar refractivity (Wildman–Crippen MR) is 39.1 cm³/mol. The topological polar surface area (TPSA) is 44.1 Å². The number of esters is 1. The molecule has 0 amide bonds. The van der Waals surface area contributed by atoms with Crippen molar-refractivity contribution in [2.24, 2.45) is 0 Å². The SMILES string of the molecule is CC(C(=O)OC(F)(F)F)n1cccn1. The number of hydrogen-bond acceptors (Lipinski definition) is 3. The first-order valence-electron chi connectivity index (χ1n) is 3.69. The number of carbonyl (C=O) groups is 1. The van der Waals surface area contributed by atoms with Crippen LogP contribution in [-0.2, 0) is 9.53 Å². The van der Waals surface area contributed by atoms with Gasteiger partial charge in [-0.2, -0.15) is 5.10 Å². The van der Waals surface area contributed by atoms with Crippen LogP contribution in [0.5, 0.6) is 0 Å². The Kier molecular flexibility index (Phi) is 2.78. The zero-order valence-electron chi connectivity index (χ0n) is 7.15. The van der Waals surface area contributed by atoms with Gasteiger partial charge in [-0.05, 0) is 13.0 Å². The summed E-state index contributed by atoms with van der Waals surface area (Å²) < 4.78 is 39.2. The third-order valence-electron chi connectivity index (χ3n) is 1.48. The molecule has 0 fully saturated rings. The van der Waals surface area contributed by atoms with Crippen molar-refractivity contribution in [2.75, 3.05) is 0 Å². The molecule has 14 heavy (non-hydrogen) atoms. The molecule has 7 heteroatoms. The van der Waals surface area contributed by atoms with Gasteiger partial charge in [0, 0.05) is 12.4 Å². The molecule has 0 aromatic carbocycles. The van der Waals surface area contributed by atoms with E-state index in [1.807, 2.05) is 0 Å². The van der Waals surface area contributed by atoms with E-state index in [1.165, 1.54) is 25.4 Å². The Morgan fingerprint density at radius 2 is 2.21 bits per heavy atom. The summed E-state index contributed by atoms with van der Waals surface area (Å²) in [6.45, 7) is 1.26. The first kappa shape index (κ1) is 10.6. The minimum absolute atomic E-state index is 1.08. The monoisotopic (exact) mass is 208 g/mol. The molecule has 0 aliphatic heterocycles. The molecule has 1 aromatic rings. The summed E-state index contributed by atoms with van der Waals surface area (Å²) in [6, 6.07) is 0.406. The van der Waals surface area contributed by atoms with Gasteiger partial charge in [0.2, 0.25) is 0 Å². The number of aromatic nitrogens is 2. The van der Waals surface area contributed by atoms with Crippen LogP contribution in [0, 0.1) is 0 Å². The summed E-state index contributed by atoms with van der Waals surface area (Å²) in [7, 11) is 0. The molecule has 0 saturated heterocycles. The van der Waals surface area contributed by atoms with Crippen molar-refractivity contribution in [1.82, 2.24) is 9.78 Å². The van der Waals surface area contributed by atoms with Gasteiger partial charge in [-0.1, -0.05) is 0 Å². The molecule has 0 aliphatic carbocycles. The molecule has 78 valence electrons. The lowest BCUT2D eigenvalue weighted by atomic mass is 10.3. The average molecular weight is 208 g/mol. The summed E-state index contributed by atoms with van der Waals surface area (Å²) in [6.07, 6.45) is -2.21. The van der Waals surface area contributed by atoms with E-state index < -0.39 is 18.4 Å². The Hall–Kier alpha value is -1.53. The van der Waals surface area contributed by atoms with Gasteiger partial charge in [0.25, 0.3) is 0 Å². The predicted octanol–water partition coefficient (Wildman–Crippen LogP) is 1.51. The van der Waals surface area contributed by atoms with E-state index >= 15 is 0 Å². The van der Waals surface area contributed by atoms with Gasteiger partial charge in [-0.15, -0.1) is 13.2 Å². The van der Waals surface area contributed by atoms with Crippen molar-refractivity contribution in [3.8, 4) is 0 Å². The molecule has 0 bridgehead atoms. The second kappa shape index (κ2) is 3.69. The lowest BCUT2D eigenvalue weighted by molar-refractivity contribution is -0.307. The summed E-state index contributed by atoms with van der Waals surface area (Å²) in [4.78, 5) is 10.9. The van der Waals surface area contributed by atoms with E-state index in [1.54, 1.807) is 0 Å². The molecular weight excluding hydrogens is 201 g/mol. The standard InChI is InChI=1S/C7H7F3N2O2/c1-5(12-4-2-3-11-12)6(13)14-7(8,9)10/h2-5H,1H3. The Balaban J connectivity index is 2.63. The van der Waals surface area contributed by atoms with Gasteiger partial charge in [0.05, 0.1) is 0 Å². The van der Waals surface area contributed by atoms with Crippen LogP contribution in [0.4, 0.5) is 13.2 Å². The minimum Gasteiger partial charge on any atom is -0.371 e. The molecule has 1 aromatic heterocycles. The van der Waals surface area contributed by atoms with Crippen LogP contribution in [0.3, 0.4) is 0 Å². The van der Waals surface area contributed by atoms with Crippen molar-refractivity contribution in [2.45, 2.75) is 19.3 Å². The van der Waals surface area contributed by atoms with Crippen molar-refractivity contribution in [3.05, 3.63) is 18.5 Å². The normalized spacial score (nSPS) is 13.7. The van der Waals surface area contributed by atoms with E-state index in [9.17, 15) is 18.0 Å². The van der Waals surface area contributed by atoms with Crippen LogP contribution in [0.1, 0.15) is 13.0 Å². The highest BCUT2D eigenvalue weighted by molar-refractivity contribution is 5.73. The summed E-state index contributed by atoms with van der Waals surface area (Å²) >= 11 is 0. The molecule has 1 unspecified atom stereocenters. The maximum atomic E-state index is 11.6. The fourth-order valence-corrected chi connectivity index (χ4v) is 0.817. The van der Waals surface area contributed by atoms with Gasteiger partial charge in [0.1, 0.15) is 6.04 Å². The second-order valence-electron chi connectivity index (χ2n) is 2.53. The van der Waals surface area contributed by atoms with Crippen molar-refractivity contribution in [1.29, 1.82) is 0 Å². The largest absolute Gasteiger partial charge is 0.575 e. The smallest absolute Gasteiger partial charge is 0.371 e. The summed E-state index contributed by atoms with van der Waals surface area (Å²) in [5.74, 6) is -1.39. The maximum absolute atomic E-state index is 11.6. The number of halogens is 3. The Labute approximate surface area is 77.3 Å². The van der Waals surface area contributed by atoms with Crippen LogP contribution in [0.2, 0.25) is 0 Å². The highest BCUT2D eigenvalue weighted by Gasteiger charge is 2.36. The lowest BCUT2D eigenvalue weighted by Gasteiger charge is -2.12. The van der Waals surface area contributed by atoms with Crippen LogP contribution < -0.4 is 0 Å². The van der Waals surface area contributed by atoms with Crippen LogP contribution >= 0.6 is 0 Å². The van der Waals surface area contributed by atoms with Gasteiger partial charge in [-0.25, -0.2) is 4.79 Å². The summed E-state index contributed by atoms with van der Waals surface area (Å²) in [5, 5.41) is 3.62. The van der Waals surface area contributed by atoms with Crippen LogP contribution in [0.15, 0.2) is 18.5 Å². The number of rotatable bonds is 2. The molecule has 1 atom stereocenters. The van der Waals surface area contributed by atoms with Crippen molar-refractivity contribution >= 4 is 5.97 Å². The van der Waals surface area contributed by atoms with Gasteiger partial charge in [0.15, 0.2) is 0 Å². The zero-order valence-corrected chi connectivity index (χ0v) is 7.15. The number of carbonyl (C=O) groups excluding carboxylic acids is 1. The lowest BCUT2D eigenvalue weighted by Crippen LogP contribution is -2.26. The first-order valence-corrected chi connectivity index (χ1v) is 3.69. The fourth-order valence-electron chi connectivity index (χ4n) is 0.817. The molecule has 1 heterocycles. The molecule has 0 spiro atoms. The molecule has 0 radical (unpaired) electrons. The molecule has 0 aliphatic rings. The molecular formula is C7H7F3N2O2. The van der Waals surface area contributed by atoms with E-state index in [0.717, 1.165) is 4.68 Å². The Bertz CT molecular complexity index is 307. The number of alkyl halides is 3. The molecule has 1 rings (SSSR count). The number of nitrogens with zero attached hydrogens (tertiary/aromatic N) is 2. The quantitative estimate of drug-likeness (QED) is 0.692. The maximum Gasteiger partial charge on any atom is 0.575 e. The third kappa shape index (κ3) is 2.75. The second-order valence-corrected chi connectivity index (χ2v) is 2.53. The van der Waals surface area contributed by atoms with Crippen LogP contribution in [0.25, 0.3) is 0 Å². The number of hydrogen-bond donors (Lipinski definition) is 0. The first-order chi connectivity index (χ1) is 6.40. The molecule has 4 nitrogen and oxygen atoms in total. The third-order valence-corrected chi connectivity index (χ3v) is 1.48. The highest BCUT2D eigenvalue weighted by Crippen LogP contribution is 2.19. The fraction of sp³-hybridized carbons (Fsp3) is 0.429. The minimum atomic E-state index is -4.95. The Morgan fingerprint density at radius 3 is 2.64 bits per heavy atom. The van der Waals surface area contributed by atoms with Crippen molar-refractivity contribution in [3.63, 3.8) is 0 Å². The van der Waals surface area contributed by atoms with E-state index in [2.05, 4.69) is 9.84 Å². The summed E-state index contributed by atoms with van der Waals surface area (Å²) in [5.41, 5.74) is 0. The van der Waals surface area contributed by atoms with Gasteiger partial charge in [-0.3, -0.25) is 4.68 Å². The van der Waals surface area contributed by atoms with Crippen molar-refractivity contribution < 1.29 is 22.7 Å². The highest BCUT2D eigenvalue weighted by atomic mass is 19.4. The molecule has 0 N–H and O–H groups in total. The van der Waals surface area contributed by atoms with Crippen LogP contribution in [-0.4, -0.2) is 22.1 Å². The average Bonchev–Trinajstić information content (AvgIpc) is 2.51. The van der Waals surface area contributed by atoms with Gasteiger partial charge < -0.3 is 4.74 Å². The van der Waals surface area contributed by atoms with E-state index in [4.69, 9.17) is 0 Å².